The van der Waals surface area contributed by atoms with Crippen LogP contribution in [-0.2, 0) is 17.8 Å². The maximum absolute atomic E-state index is 12.5. The molecule has 0 saturated heterocycles. The van der Waals surface area contributed by atoms with E-state index in [1.807, 2.05) is 35.7 Å². The molecular formula is C24H24N4O3S. The Bertz CT molecular complexity index is 1150. The summed E-state index contributed by atoms with van der Waals surface area (Å²) in [5.41, 5.74) is 5.37. The molecule has 32 heavy (non-hydrogen) atoms. The number of hydrogen-bond donors (Lipinski definition) is 1. The molecule has 0 unspecified atom stereocenters. The molecule has 0 fully saturated rings. The van der Waals surface area contributed by atoms with Crippen LogP contribution in [0.5, 0.6) is 5.75 Å². The fourth-order valence-electron chi connectivity index (χ4n) is 3.08. The van der Waals surface area contributed by atoms with E-state index >= 15 is 0 Å². The third-order valence-electron chi connectivity index (χ3n) is 4.89. The lowest BCUT2D eigenvalue weighted by Gasteiger charge is -2.11. The summed E-state index contributed by atoms with van der Waals surface area (Å²) in [6, 6.07) is 15.4. The molecule has 0 saturated carbocycles. The topological polar surface area (TPSA) is 90.1 Å². The molecule has 1 N–H and O–H groups in total. The van der Waals surface area contributed by atoms with E-state index in [0.29, 0.717) is 42.1 Å². The van der Waals surface area contributed by atoms with Gasteiger partial charge in [-0.25, -0.2) is 4.98 Å². The van der Waals surface area contributed by atoms with Gasteiger partial charge in [0, 0.05) is 23.8 Å². The molecule has 0 aliphatic carbocycles. The first-order valence-electron chi connectivity index (χ1n) is 10.4. The summed E-state index contributed by atoms with van der Waals surface area (Å²) < 4.78 is 11.1. The van der Waals surface area contributed by atoms with E-state index in [-0.39, 0.29) is 12.3 Å². The minimum absolute atomic E-state index is 0.157. The molecule has 1 amide bonds. The molecule has 2 heterocycles. The molecule has 0 bridgehead atoms. The number of aryl methyl sites for hydroxylation is 1. The predicted octanol–water partition coefficient (Wildman–Crippen LogP) is 5.47. The Morgan fingerprint density at radius 3 is 2.72 bits per heavy atom. The van der Waals surface area contributed by atoms with Crippen LogP contribution in [-0.4, -0.2) is 21.0 Å². The van der Waals surface area contributed by atoms with Crippen molar-refractivity contribution in [2.75, 3.05) is 5.32 Å². The normalized spacial score (nSPS) is 11.0. The Morgan fingerprint density at radius 2 is 1.97 bits per heavy atom. The van der Waals surface area contributed by atoms with Gasteiger partial charge in [-0.05, 0) is 23.6 Å². The smallest absolute Gasteiger partial charge is 0.227 e. The second kappa shape index (κ2) is 10.2. The lowest BCUT2D eigenvalue weighted by molar-refractivity contribution is -0.116. The number of carbonyl (C=O) groups excluding carboxylic acids is 1. The van der Waals surface area contributed by atoms with E-state index < -0.39 is 0 Å². The van der Waals surface area contributed by atoms with Crippen molar-refractivity contribution in [3.8, 4) is 17.1 Å². The largest absolute Gasteiger partial charge is 0.485 e. The fraction of sp³-hybridized carbons (Fsp3) is 0.250. The Morgan fingerprint density at radius 1 is 1.16 bits per heavy atom. The second-order valence-corrected chi connectivity index (χ2v) is 8.32. The molecule has 4 aromatic rings. The lowest BCUT2D eigenvalue weighted by atomic mass is 10.0. The molecule has 4 rings (SSSR count). The van der Waals surface area contributed by atoms with Crippen LogP contribution in [0.1, 0.15) is 43.3 Å². The fourth-order valence-corrected chi connectivity index (χ4v) is 3.62. The molecule has 0 spiro atoms. The highest BCUT2D eigenvalue weighted by Gasteiger charge is 2.13. The standard InChI is InChI=1S/C24H24N4O3S/c1-16(2)17-7-9-18(10-8-17)24-27-23(31-28-24)12-11-22(29)26-20-5-3-4-6-21(20)30-13-19-14-32-15-25-19/h3-10,14-16H,11-13H2,1-2H3,(H,26,29). The van der Waals surface area contributed by atoms with E-state index in [1.54, 1.807) is 11.6 Å². The number of thiazole rings is 1. The minimum Gasteiger partial charge on any atom is -0.485 e. The average Bonchev–Trinajstić information content (AvgIpc) is 3.49. The molecule has 0 aliphatic heterocycles. The van der Waals surface area contributed by atoms with Crippen molar-refractivity contribution in [2.45, 2.75) is 39.2 Å². The van der Waals surface area contributed by atoms with E-state index in [9.17, 15) is 4.79 Å². The third-order valence-corrected chi connectivity index (χ3v) is 5.53. The van der Waals surface area contributed by atoms with E-state index in [4.69, 9.17) is 9.26 Å². The van der Waals surface area contributed by atoms with Crippen LogP contribution < -0.4 is 10.1 Å². The van der Waals surface area contributed by atoms with Gasteiger partial charge >= 0.3 is 0 Å². The van der Waals surface area contributed by atoms with Gasteiger partial charge in [-0.3, -0.25) is 4.79 Å². The average molecular weight is 449 g/mol. The Hall–Kier alpha value is -3.52. The van der Waals surface area contributed by atoms with Gasteiger partial charge in [0.1, 0.15) is 12.4 Å². The first kappa shape index (κ1) is 21.7. The van der Waals surface area contributed by atoms with Crippen molar-refractivity contribution in [1.82, 2.24) is 15.1 Å². The summed E-state index contributed by atoms with van der Waals surface area (Å²) in [6.07, 6.45) is 0.569. The summed E-state index contributed by atoms with van der Waals surface area (Å²) in [5.74, 6) is 1.85. The first-order valence-corrected chi connectivity index (χ1v) is 11.3. The minimum atomic E-state index is -0.157. The first-order chi connectivity index (χ1) is 15.6. The second-order valence-electron chi connectivity index (χ2n) is 7.60. The number of para-hydroxylation sites is 2. The molecule has 0 atom stereocenters. The number of benzene rings is 2. The van der Waals surface area contributed by atoms with Crippen molar-refractivity contribution in [2.24, 2.45) is 0 Å². The maximum atomic E-state index is 12.5. The maximum Gasteiger partial charge on any atom is 0.227 e. The quantitative estimate of drug-likeness (QED) is 0.365. The monoisotopic (exact) mass is 448 g/mol. The number of hydrogen-bond acceptors (Lipinski definition) is 7. The summed E-state index contributed by atoms with van der Waals surface area (Å²) in [4.78, 5) is 21.1. The molecule has 7 nitrogen and oxygen atoms in total. The molecule has 164 valence electrons. The zero-order valence-electron chi connectivity index (χ0n) is 17.9. The van der Waals surface area contributed by atoms with Gasteiger partial charge in [0.15, 0.2) is 0 Å². The number of ether oxygens (including phenoxy) is 1. The van der Waals surface area contributed by atoms with Gasteiger partial charge in [-0.15, -0.1) is 11.3 Å². The number of aromatic nitrogens is 3. The molecule has 2 aromatic carbocycles. The van der Waals surface area contributed by atoms with Crippen molar-refractivity contribution >= 4 is 22.9 Å². The van der Waals surface area contributed by atoms with E-state index in [0.717, 1.165) is 11.3 Å². The number of anilines is 1. The van der Waals surface area contributed by atoms with Crippen LogP contribution in [0.15, 0.2) is 63.9 Å². The van der Waals surface area contributed by atoms with Crippen LogP contribution in [0.3, 0.4) is 0 Å². The molecule has 0 aliphatic rings. The number of nitrogens with one attached hydrogen (secondary N) is 1. The summed E-state index contributed by atoms with van der Waals surface area (Å²) in [5, 5.41) is 8.87. The third kappa shape index (κ3) is 5.59. The molecule has 8 heteroatoms. The summed E-state index contributed by atoms with van der Waals surface area (Å²) in [7, 11) is 0. The van der Waals surface area contributed by atoms with Gasteiger partial charge < -0.3 is 14.6 Å². The van der Waals surface area contributed by atoms with Gasteiger partial charge in [0.05, 0.1) is 16.9 Å². The van der Waals surface area contributed by atoms with Gasteiger partial charge in [-0.1, -0.05) is 55.4 Å². The van der Waals surface area contributed by atoms with Crippen LogP contribution >= 0.6 is 11.3 Å². The van der Waals surface area contributed by atoms with Crippen molar-refractivity contribution in [3.63, 3.8) is 0 Å². The SMILES string of the molecule is CC(C)c1ccc(-c2noc(CCC(=O)Nc3ccccc3OCc3cscn3)n2)cc1. The Kier molecular flexibility index (Phi) is 6.91. The lowest BCUT2D eigenvalue weighted by Crippen LogP contribution is -2.13. The van der Waals surface area contributed by atoms with Gasteiger partial charge in [-0.2, -0.15) is 4.98 Å². The number of carbonyl (C=O) groups is 1. The van der Waals surface area contributed by atoms with Crippen molar-refractivity contribution < 1.29 is 14.1 Å². The number of amides is 1. The Balaban J connectivity index is 1.32. The highest BCUT2D eigenvalue weighted by atomic mass is 32.1. The predicted molar refractivity (Wildman–Crippen MR) is 124 cm³/mol. The van der Waals surface area contributed by atoms with Crippen LogP contribution in [0.2, 0.25) is 0 Å². The highest BCUT2D eigenvalue weighted by molar-refractivity contribution is 7.07. The number of nitrogens with zero attached hydrogens (tertiary/aromatic N) is 3. The zero-order chi connectivity index (χ0) is 22.3. The van der Waals surface area contributed by atoms with E-state index in [1.165, 1.54) is 16.9 Å². The van der Waals surface area contributed by atoms with Gasteiger partial charge in [0.25, 0.3) is 0 Å². The summed E-state index contributed by atoms with van der Waals surface area (Å²) in [6.45, 7) is 4.65. The van der Waals surface area contributed by atoms with Crippen molar-refractivity contribution in [3.05, 3.63) is 76.6 Å². The summed E-state index contributed by atoms with van der Waals surface area (Å²) >= 11 is 1.52. The van der Waals surface area contributed by atoms with Gasteiger partial charge in [0.2, 0.25) is 17.6 Å². The van der Waals surface area contributed by atoms with E-state index in [2.05, 4.69) is 46.4 Å². The molecule has 2 aromatic heterocycles. The van der Waals surface area contributed by atoms with Crippen LogP contribution in [0.25, 0.3) is 11.4 Å². The molecular weight excluding hydrogens is 424 g/mol. The van der Waals surface area contributed by atoms with Crippen molar-refractivity contribution in [1.29, 1.82) is 0 Å². The zero-order valence-corrected chi connectivity index (χ0v) is 18.8. The number of rotatable bonds is 9. The highest BCUT2D eigenvalue weighted by Crippen LogP contribution is 2.25. The Labute approximate surface area is 190 Å². The van der Waals surface area contributed by atoms with Crippen LogP contribution in [0.4, 0.5) is 5.69 Å². The van der Waals surface area contributed by atoms with Crippen LogP contribution in [0, 0.1) is 0 Å². The molecule has 0 radical (unpaired) electrons.